The summed E-state index contributed by atoms with van der Waals surface area (Å²) in [5, 5.41) is 3.83. The molecule has 0 aliphatic carbocycles. The number of hydrogen-bond acceptors (Lipinski definition) is 3. The fourth-order valence-corrected chi connectivity index (χ4v) is 1.13. The Kier molecular flexibility index (Phi) is 3.21. The molecule has 0 radical (unpaired) electrons. The molecule has 0 aromatic carbocycles. The maximum absolute atomic E-state index is 5.77. The largest absolute Gasteiger partial charge is 0.396 e. The predicted octanol–water partition coefficient (Wildman–Crippen LogP) is 2.92. The first-order valence-electron chi connectivity index (χ1n) is 4.64. The lowest BCUT2D eigenvalue weighted by Gasteiger charge is -2.25. The molecule has 0 aliphatic heterocycles. The van der Waals surface area contributed by atoms with Crippen molar-refractivity contribution in [2.75, 3.05) is 11.1 Å². The van der Waals surface area contributed by atoms with Gasteiger partial charge in [0.05, 0.1) is 10.7 Å². The predicted molar refractivity (Wildman–Crippen MR) is 61.7 cm³/mol. The topological polar surface area (TPSA) is 50.9 Å². The minimum absolute atomic E-state index is 0.00501. The summed E-state index contributed by atoms with van der Waals surface area (Å²) in [4.78, 5) is 4.14. The smallest absolute Gasteiger partial charge is 0.149 e. The van der Waals surface area contributed by atoms with Crippen molar-refractivity contribution in [1.82, 2.24) is 4.98 Å². The van der Waals surface area contributed by atoms with E-state index in [0.29, 0.717) is 16.5 Å². The van der Waals surface area contributed by atoms with Crippen molar-refractivity contribution in [2.45, 2.75) is 32.7 Å². The first kappa shape index (κ1) is 11.1. The molecule has 1 aromatic rings. The van der Waals surface area contributed by atoms with E-state index < -0.39 is 0 Å². The summed E-state index contributed by atoms with van der Waals surface area (Å²) in [5.41, 5.74) is 6.35. The fraction of sp³-hybridized carbons (Fsp3) is 0.500. The van der Waals surface area contributed by atoms with E-state index in [4.69, 9.17) is 17.3 Å². The third-order valence-electron chi connectivity index (χ3n) is 2.22. The van der Waals surface area contributed by atoms with Crippen LogP contribution in [0.25, 0.3) is 0 Å². The highest BCUT2D eigenvalue weighted by Crippen LogP contribution is 2.23. The molecule has 4 heteroatoms. The van der Waals surface area contributed by atoms with Crippen molar-refractivity contribution < 1.29 is 0 Å². The fourth-order valence-electron chi connectivity index (χ4n) is 0.968. The van der Waals surface area contributed by atoms with Gasteiger partial charge >= 0.3 is 0 Å². The van der Waals surface area contributed by atoms with E-state index in [0.717, 1.165) is 6.42 Å². The van der Waals surface area contributed by atoms with Crippen LogP contribution >= 0.6 is 11.6 Å². The molecule has 78 valence electrons. The van der Waals surface area contributed by atoms with Crippen LogP contribution < -0.4 is 11.1 Å². The number of halogens is 1. The van der Waals surface area contributed by atoms with Gasteiger partial charge in [0, 0.05) is 11.7 Å². The Labute approximate surface area is 89.7 Å². The second-order valence-corrected chi connectivity index (χ2v) is 4.39. The lowest BCUT2D eigenvalue weighted by Crippen LogP contribution is -2.30. The van der Waals surface area contributed by atoms with Gasteiger partial charge in [-0.2, -0.15) is 0 Å². The van der Waals surface area contributed by atoms with Gasteiger partial charge in [-0.15, -0.1) is 0 Å². The van der Waals surface area contributed by atoms with Crippen LogP contribution in [0.1, 0.15) is 27.2 Å². The average molecular weight is 214 g/mol. The van der Waals surface area contributed by atoms with Gasteiger partial charge in [0.25, 0.3) is 0 Å². The number of nitrogens with zero attached hydrogens (tertiary/aromatic N) is 1. The Hall–Kier alpha value is -0.960. The lowest BCUT2D eigenvalue weighted by atomic mass is 10.0. The van der Waals surface area contributed by atoms with E-state index in [9.17, 15) is 0 Å². The Balaban J connectivity index is 2.87. The number of aromatic nitrogens is 1. The molecule has 0 atom stereocenters. The molecule has 1 heterocycles. The van der Waals surface area contributed by atoms with Crippen molar-refractivity contribution in [3.8, 4) is 0 Å². The van der Waals surface area contributed by atoms with Crippen LogP contribution in [0.2, 0.25) is 5.02 Å². The molecule has 0 spiro atoms. The van der Waals surface area contributed by atoms with Gasteiger partial charge in [-0.1, -0.05) is 18.5 Å². The summed E-state index contributed by atoms with van der Waals surface area (Å²) >= 11 is 5.75. The van der Waals surface area contributed by atoms with Crippen LogP contribution in [0.4, 0.5) is 11.5 Å². The molecule has 0 saturated heterocycles. The van der Waals surface area contributed by atoms with Gasteiger partial charge in [0.1, 0.15) is 5.82 Å². The minimum atomic E-state index is -0.00501. The maximum atomic E-state index is 5.77. The van der Waals surface area contributed by atoms with E-state index in [-0.39, 0.29) is 5.54 Å². The molecule has 0 bridgehead atoms. The van der Waals surface area contributed by atoms with Gasteiger partial charge in [-0.3, -0.25) is 0 Å². The molecule has 0 saturated carbocycles. The maximum Gasteiger partial charge on any atom is 0.149 e. The monoisotopic (exact) mass is 213 g/mol. The molecule has 14 heavy (non-hydrogen) atoms. The summed E-state index contributed by atoms with van der Waals surface area (Å²) in [5.74, 6) is 0.696. The molecule has 0 aliphatic rings. The highest BCUT2D eigenvalue weighted by molar-refractivity contribution is 6.30. The van der Waals surface area contributed by atoms with E-state index in [1.807, 2.05) is 0 Å². The second kappa shape index (κ2) is 4.05. The van der Waals surface area contributed by atoms with Gasteiger partial charge in [-0.25, -0.2) is 4.98 Å². The quantitative estimate of drug-likeness (QED) is 0.812. The molecule has 3 nitrogen and oxygen atoms in total. The zero-order chi connectivity index (χ0) is 10.8. The molecule has 3 N–H and O–H groups in total. The van der Waals surface area contributed by atoms with Crippen LogP contribution in [0.5, 0.6) is 0 Å². The van der Waals surface area contributed by atoms with Crippen LogP contribution in [0.15, 0.2) is 12.3 Å². The summed E-state index contributed by atoms with van der Waals surface area (Å²) < 4.78 is 0. The first-order chi connectivity index (χ1) is 6.44. The van der Waals surface area contributed by atoms with Gasteiger partial charge in [-0.05, 0) is 26.3 Å². The molecule has 0 fully saturated rings. The Morgan fingerprint density at radius 2 is 2.21 bits per heavy atom. The summed E-state index contributed by atoms with van der Waals surface area (Å²) in [6, 6.07) is 1.70. The van der Waals surface area contributed by atoms with Crippen molar-refractivity contribution in [3.63, 3.8) is 0 Å². The standard InChI is InChI=1S/C10H16ClN3/c1-4-10(2,3)14-9-8(12)5-7(11)6-13-9/h5-6H,4,12H2,1-3H3,(H,13,14). The number of nitrogen functional groups attached to an aromatic ring is 1. The summed E-state index contributed by atoms with van der Waals surface area (Å²) in [7, 11) is 0. The van der Waals surface area contributed by atoms with E-state index in [1.165, 1.54) is 0 Å². The summed E-state index contributed by atoms with van der Waals surface area (Å²) in [6.45, 7) is 6.31. The molecule has 0 unspecified atom stereocenters. The number of hydrogen-bond donors (Lipinski definition) is 2. The number of rotatable bonds is 3. The van der Waals surface area contributed by atoms with Crippen LogP contribution in [-0.2, 0) is 0 Å². The average Bonchev–Trinajstić information content (AvgIpc) is 2.10. The molecular formula is C10H16ClN3. The summed E-state index contributed by atoms with van der Waals surface area (Å²) in [6.07, 6.45) is 2.59. The normalized spacial score (nSPS) is 11.4. The third-order valence-corrected chi connectivity index (χ3v) is 2.43. The lowest BCUT2D eigenvalue weighted by molar-refractivity contribution is 0.545. The van der Waals surface area contributed by atoms with Crippen molar-refractivity contribution in [1.29, 1.82) is 0 Å². The van der Waals surface area contributed by atoms with E-state index in [2.05, 4.69) is 31.1 Å². The Morgan fingerprint density at radius 1 is 1.57 bits per heavy atom. The number of pyridine rings is 1. The molecule has 0 amide bonds. The van der Waals surface area contributed by atoms with Crippen LogP contribution in [0.3, 0.4) is 0 Å². The van der Waals surface area contributed by atoms with Gasteiger partial charge < -0.3 is 11.1 Å². The SMILES string of the molecule is CCC(C)(C)Nc1ncc(Cl)cc1N. The Morgan fingerprint density at radius 3 is 2.71 bits per heavy atom. The van der Waals surface area contributed by atoms with Gasteiger partial charge in [0.15, 0.2) is 0 Å². The number of nitrogens with two attached hydrogens (primary N) is 1. The molecule has 1 aromatic heterocycles. The van der Waals surface area contributed by atoms with Gasteiger partial charge in [0.2, 0.25) is 0 Å². The zero-order valence-electron chi connectivity index (χ0n) is 8.76. The number of anilines is 2. The van der Waals surface area contributed by atoms with E-state index in [1.54, 1.807) is 12.3 Å². The first-order valence-corrected chi connectivity index (χ1v) is 5.01. The molecule has 1 rings (SSSR count). The van der Waals surface area contributed by atoms with E-state index >= 15 is 0 Å². The Bertz CT molecular complexity index is 323. The third kappa shape index (κ3) is 2.77. The van der Waals surface area contributed by atoms with Crippen molar-refractivity contribution in [2.24, 2.45) is 0 Å². The molecular weight excluding hydrogens is 198 g/mol. The van der Waals surface area contributed by atoms with Crippen LogP contribution in [-0.4, -0.2) is 10.5 Å². The second-order valence-electron chi connectivity index (χ2n) is 3.95. The number of nitrogens with one attached hydrogen (secondary N) is 1. The highest BCUT2D eigenvalue weighted by Gasteiger charge is 2.16. The van der Waals surface area contributed by atoms with Crippen molar-refractivity contribution >= 4 is 23.1 Å². The van der Waals surface area contributed by atoms with Crippen molar-refractivity contribution in [3.05, 3.63) is 17.3 Å². The van der Waals surface area contributed by atoms with Crippen LogP contribution in [0, 0.1) is 0 Å². The minimum Gasteiger partial charge on any atom is -0.396 e. The highest BCUT2D eigenvalue weighted by atomic mass is 35.5. The zero-order valence-corrected chi connectivity index (χ0v) is 9.52.